The average molecular weight is 260 g/mol. The summed E-state index contributed by atoms with van der Waals surface area (Å²) < 4.78 is 78.9. The summed E-state index contributed by atoms with van der Waals surface area (Å²) in [5.41, 5.74) is -3.94. The van der Waals surface area contributed by atoms with Crippen LogP contribution in [-0.2, 0) is 12.4 Å². The third-order valence-electron chi connectivity index (χ3n) is 1.93. The molecule has 0 heterocycles. The van der Waals surface area contributed by atoms with Crippen LogP contribution in [0.15, 0.2) is 12.1 Å². The van der Waals surface area contributed by atoms with Gasteiger partial charge in [-0.3, -0.25) is 0 Å². The second-order valence-corrected chi connectivity index (χ2v) is 3.04. The van der Waals surface area contributed by atoms with E-state index in [1.807, 2.05) is 0 Å². The van der Waals surface area contributed by atoms with Crippen LogP contribution in [0.3, 0.4) is 0 Å². The van der Waals surface area contributed by atoms with E-state index in [1.54, 1.807) is 0 Å². The Morgan fingerprint density at radius 2 is 1.53 bits per heavy atom. The molecule has 0 saturated carbocycles. The van der Waals surface area contributed by atoms with Crippen molar-refractivity contribution in [3.8, 4) is 11.5 Å². The standard InChI is InChI=1S/C9H6F6O2/c1-17-7-5(16)3-2-4(8(10,11)12)6(7)9(13,14)15/h2-3,16H,1H3. The molecule has 0 radical (unpaired) electrons. The maximum absolute atomic E-state index is 12.5. The zero-order valence-corrected chi connectivity index (χ0v) is 8.28. The van der Waals surface area contributed by atoms with Gasteiger partial charge in [-0.15, -0.1) is 0 Å². The number of methoxy groups -OCH3 is 1. The highest BCUT2D eigenvalue weighted by Gasteiger charge is 2.46. The molecule has 0 unspecified atom stereocenters. The van der Waals surface area contributed by atoms with Gasteiger partial charge in [0, 0.05) is 0 Å². The van der Waals surface area contributed by atoms with Gasteiger partial charge in [-0.1, -0.05) is 0 Å². The summed E-state index contributed by atoms with van der Waals surface area (Å²) in [5, 5.41) is 9.05. The van der Waals surface area contributed by atoms with Crippen LogP contribution in [0.1, 0.15) is 11.1 Å². The average Bonchev–Trinajstić information content (AvgIpc) is 2.13. The second-order valence-electron chi connectivity index (χ2n) is 3.04. The fourth-order valence-electron chi connectivity index (χ4n) is 1.30. The lowest BCUT2D eigenvalue weighted by molar-refractivity contribution is -0.163. The first-order valence-corrected chi connectivity index (χ1v) is 4.13. The van der Waals surface area contributed by atoms with Gasteiger partial charge in [0.15, 0.2) is 11.5 Å². The van der Waals surface area contributed by atoms with E-state index in [9.17, 15) is 26.3 Å². The van der Waals surface area contributed by atoms with Crippen molar-refractivity contribution < 1.29 is 36.2 Å². The van der Waals surface area contributed by atoms with Gasteiger partial charge in [0.05, 0.1) is 12.7 Å². The smallest absolute Gasteiger partial charge is 0.420 e. The van der Waals surface area contributed by atoms with E-state index in [4.69, 9.17) is 5.11 Å². The highest BCUT2D eigenvalue weighted by atomic mass is 19.4. The van der Waals surface area contributed by atoms with Crippen LogP contribution in [0.5, 0.6) is 11.5 Å². The largest absolute Gasteiger partial charge is 0.504 e. The predicted octanol–water partition coefficient (Wildman–Crippen LogP) is 3.44. The van der Waals surface area contributed by atoms with Gasteiger partial charge < -0.3 is 9.84 Å². The first-order chi connectivity index (χ1) is 7.59. The molecule has 0 aromatic heterocycles. The topological polar surface area (TPSA) is 29.5 Å². The number of ether oxygens (including phenoxy) is 1. The molecule has 1 rings (SSSR count). The number of aromatic hydroxyl groups is 1. The summed E-state index contributed by atoms with van der Waals surface area (Å²) in [6.07, 6.45) is -10.5. The quantitative estimate of drug-likeness (QED) is 0.784. The highest BCUT2D eigenvalue weighted by molar-refractivity contribution is 5.52. The second kappa shape index (κ2) is 4.01. The lowest BCUT2D eigenvalue weighted by Crippen LogP contribution is -2.17. The van der Waals surface area contributed by atoms with Gasteiger partial charge in [0.25, 0.3) is 0 Å². The summed E-state index contributed by atoms with van der Waals surface area (Å²) in [4.78, 5) is 0. The molecule has 17 heavy (non-hydrogen) atoms. The number of rotatable bonds is 1. The minimum Gasteiger partial charge on any atom is -0.504 e. The van der Waals surface area contributed by atoms with Crippen LogP contribution in [-0.4, -0.2) is 12.2 Å². The normalized spacial score (nSPS) is 12.6. The van der Waals surface area contributed by atoms with Crippen LogP contribution in [0, 0.1) is 0 Å². The van der Waals surface area contributed by atoms with Crippen molar-refractivity contribution >= 4 is 0 Å². The van der Waals surface area contributed by atoms with Crippen LogP contribution in [0.25, 0.3) is 0 Å². The fraction of sp³-hybridized carbons (Fsp3) is 0.333. The molecule has 0 amide bonds. The third-order valence-corrected chi connectivity index (χ3v) is 1.93. The summed E-state index contributed by atoms with van der Waals surface area (Å²) in [6, 6.07) is 0.650. The molecule has 0 aliphatic rings. The van der Waals surface area contributed by atoms with Gasteiger partial charge >= 0.3 is 12.4 Å². The summed E-state index contributed by atoms with van der Waals surface area (Å²) in [6.45, 7) is 0. The Morgan fingerprint density at radius 1 is 1.00 bits per heavy atom. The van der Waals surface area contributed by atoms with Crippen LogP contribution in [0.2, 0.25) is 0 Å². The summed E-state index contributed by atoms with van der Waals surface area (Å²) in [5.74, 6) is -2.25. The van der Waals surface area contributed by atoms with Gasteiger partial charge in [0.1, 0.15) is 5.56 Å². The molecule has 0 bridgehead atoms. The Hall–Kier alpha value is -1.60. The van der Waals surface area contributed by atoms with E-state index in [-0.39, 0.29) is 6.07 Å². The van der Waals surface area contributed by atoms with Crippen molar-refractivity contribution in [1.29, 1.82) is 0 Å². The van der Waals surface area contributed by atoms with Gasteiger partial charge in [-0.2, -0.15) is 26.3 Å². The minimum atomic E-state index is -5.28. The van der Waals surface area contributed by atoms with E-state index in [1.165, 1.54) is 0 Å². The van der Waals surface area contributed by atoms with Crippen LogP contribution >= 0.6 is 0 Å². The number of alkyl halides is 6. The zero-order chi connectivity index (χ0) is 13.4. The number of hydrogen-bond acceptors (Lipinski definition) is 2. The zero-order valence-electron chi connectivity index (χ0n) is 8.28. The molecule has 1 aromatic carbocycles. The lowest BCUT2D eigenvalue weighted by Gasteiger charge is -2.18. The van der Waals surface area contributed by atoms with E-state index < -0.39 is 35.0 Å². The first-order valence-electron chi connectivity index (χ1n) is 4.13. The summed E-state index contributed by atoms with van der Waals surface area (Å²) >= 11 is 0. The molecule has 1 aromatic rings. The number of halogens is 6. The molecule has 0 aliphatic carbocycles. The van der Waals surface area contributed by atoms with Crippen LogP contribution < -0.4 is 4.74 Å². The molecule has 0 atom stereocenters. The van der Waals surface area contributed by atoms with Gasteiger partial charge in [-0.25, -0.2) is 0 Å². The molecule has 96 valence electrons. The Morgan fingerprint density at radius 3 is 1.88 bits per heavy atom. The van der Waals surface area contributed by atoms with E-state index in [2.05, 4.69) is 4.74 Å². The maximum Gasteiger partial charge on any atom is 0.420 e. The number of hydrogen-bond donors (Lipinski definition) is 1. The highest BCUT2D eigenvalue weighted by Crippen LogP contribution is 2.47. The maximum atomic E-state index is 12.5. The van der Waals surface area contributed by atoms with Crippen molar-refractivity contribution in [1.82, 2.24) is 0 Å². The Balaban J connectivity index is 3.64. The van der Waals surface area contributed by atoms with Crippen molar-refractivity contribution in [2.75, 3.05) is 7.11 Å². The molecule has 8 heteroatoms. The monoisotopic (exact) mass is 260 g/mol. The van der Waals surface area contributed by atoms with Crippen molar-refractivity contribution in [3.05, 3.63) is 23.3 Å². The van der Waals surface area contributed by atoms with Crippen molar-refractivity contribution in [2.45, 2.75) is 12.4 Å². The summed E-state index contributed by atoms with van der Waals surface area (Å²) in [7, 11) is 0.741. The van der Waals surface area contributed by atoms with Crippen molar-refractivity contribution in [3.63, 3.8) is 0 Å². The molecule has 0 aliphatic heterocycles. The number of benzene rings is 1. The van der Waals surface area contributed by atoms with Gasteiger partial charge in [0.2, 0.25) is 0 Å². The van der Waals surface area contributed by atoms with Crippen molar-refractivity contribution in [2.24, 2.45) is 0 Å². The molecular weight excluding hydrogens is 254 g/mol. The fourth-order valence-corrected chi connectivity index (χ4v) is 1.30. The predicted molar refractivity (Wildman–Crippen MR) is 44.7 cm³/mol. The van der Waals surface area contributed by atoms with E-state index in [0.717, 1.165) is 7.11 Å². The molecule has 2 nitrogen and oxygen atoms in total. The Kier molecular flexibility index (Phi) is 3.17. The van der Waals surface area contributed by atoms with Crippen LogP contribution in [0.4, 0.5) is 26.3 Å². The minimum absolute atomic E-state index is 0.153. The Labute approximate surface area is 91.4 Å². The molecule has 0 saturated heterocycles. The number of phenols is 1. The molecule has 0 spiro atoms. The molecular formula is C9H6F6O2. The lowest BCUT2D eigenvalue weighted by atomic mass is 10.0. The molecule has 1 N–H and O–H groups in total. The third kappa shape index (κ3) is 2.56. The number of phenolic OH excluding ortho intramolecular Hbond substituents is 1. The van der Waals surface area contributed by atoms with Gasteiger partial charge in [-0.05, 0) is 12.1 Å². The Bertz CT molecular complexity index is 421. The van der Waals surface area contributed by atoms with E-state index in [0.29, 0.717) is 6.07 Å². The molecule has 0 fully saturated rings. The first kappa shape index (κ1) is 13.5. The van der Waals surface area contributed by atoms with E-state index >= 15 is 0 Å². The SMILES string of the molecule is COc1c(O)ccc(C(F)(F)F)c1C(F)(F)F.